The molecule has 0 spiro atoms. The second kappa shape index (κ2) is 5.82. The molecule has 0 radical (unpaired) electrons. The summed E-state index contributed by atoms with van der Waals surface area (Å²) in [7, 11) is -0.660. The van der Waals surface area contributed by atoms with Crippen LogP contribution in [0.5, 0.6) is 0 Å². The molecular weight excluding hydrogens is 212 g/mol. The Kier molecular flexibility index (Phi) is 5.02. The van der Waals surface area contributed by atoms with Crippen LogP contribution in [0.25, 0.3) is 0 Å². The molecule has 0 bridgehead atoms. The van der Waals surface area contributed by atoms with Crippen molar-refractivity contribution < 1.29 is 8.42 Å². The molecule has 15 heavy (non-hydrogen) atoms. The van der Waals surface area contributed by atoms with E-state index in [9.17, 15) is 8.42 Å². The molecule has 0 aromatic rings. The molecule has 0 aromatic carbocycles. The lowest BCUT2D eigenvalue weighted by atomic mass is 9.97. The maximum Gasteiger partial charge on any atom is 0.148 e. The van der Waals surface area contributed by atoms with E-state index in [-0.39, 0.29) is 5.75 Å². The van der Waals surface area contributed by atoms with Crippen LogP contribution in [-0.2, 0) is 9.84 Å². The molecule has 1 aliphatic rings. The van der Waals surface area contributed by atoms with Crippen LogP contribution < -0.4 is 5.32 Å². The largest absolute Gasteiger partial charge is 0.315 e. The Morgan fingerprint density at radius 1 is 1.33 bits per heavy atom. The summed E-state index contributed by atoms with van der Waals surface area (Å²) in [6.45, 7) is 3.88. The Labute approximate surface area is 93.0 Å². The van der Waals surface area contributed by atoms with Crippen LogP contribution in [0, 0.1) is 5.92 Å². The molecule has 1 heterocycles. The van der Waals surface area contributed by atoms with E-state index in [1.165, 1.54) is 32.2 Å². The Balaban J connectivity index is 2.06. The fraction of sp³-hybridized carbons (Fsp3) is 1.00. The fourth-order valence-electron chi connectivity index (χ4n) is 1.83. The van der Waals surface area contributed by atoms with Crippen molar-refractivity contribution in [1.29, 1.82) is 0 Å². The molecule has 4 nitrogen and oxygen atoms in total. The highest BCUT2D eigenvalue weighted by Crippen LogP contribution is 2.14. The molecule has 1 aliphatic heterocycles. The zero-order valence-corrected chi connectivity index (χ0v) is 10.5. The number of rotatable bonds is 5. The molecule has 1 saturated heterocycles. The topological polar surface area (TPSA) is 49.4 Å². The third-order valence-corrected chi connectivity index (χ3v) is 3.87. The molecule has 0 saturated carbocycles. The van der Waals surface area contributed by atoms with Crippen LogP contribution in [0.15, 0.2) is 0 Å². The summed E-state index contributed by atoms with van der Waals surface area (Å²) in [5.74, 6) is 0.973. The van der Waals surface area contributed by atoms with Gasteiger partial charge in [-0.05, 0) is 45.4 Å². The number of piperidine rings is 1. The van der Waals surface area contributed by atoms with Crippen molar-refractivity contribution in [3.63, 3.8) is 0 Å². The van der Waals surface area contributed by atoms with E-state index in [1.807, 2.05) is 0 Å². The highest BCUT2D eigenvalue weighted by Gasteiger charge is 2.15. The van der Waals surface area contributed by atoms with Gasteiger partial charge in [0.05, 0.1) is 5.75 Å². The van der Waals surface area contributed by atoms with E-state index in [0.29, 0.717) is 6.54 Å². The smallest absolute Gasteiger partial charge is 0.148 e. The first-order valence-corrected chi connectivity index (χ1v) is 7.60. The number of sulfone groups is 1. The van der Waals surface area contributed by atoms with E-state index >= 15 is 0 Å². The zero-order chi connectivity index (χ0) is 11.3. The van der Waals surface area contributed by atoms with E-state index in [1.54, 1.807) is 0 Å². The normalized spacial score (nSPS) is 20.7. The number of nitrogens with one attached hydrogen (secondary N) is 1. The lowest BCUT2D eigenvalue weighted by Gasteiger charge is -2.28. The molecule has 0 unspecified atom stereocenters. The van der Waals surface area contributed by atoms with E-state index in [0.717, 1.165) is 12.5 Å². The monoisotopic (exact) mass is 234 g/mol. The van der Waals surface area contributed by atoms with Crippen molar-refractivity contribution in [2.45, 2.75) is 12.8 Å². The molecule has 1 N–H and O–H groups in total. The summed E-state index contributed by atoms with van der Waals surface area (Å²) in [4.78, 5) is 2.34. The zero-order valence-electron chi connectivity index (χ0n) is 9.70. The average molecular weight is 234 g/mol. The summed E-state index contributed by atoms with van der Waals surface area (Å²) in [5, 5.41) is 3.23. The molecular formula is C10H22N2O2S. The second-order valence-corrected chi connectivity index (χ2v) is 6.84. The van der Waals surface area contributed by atoms with Gasteiger partial charge in [-0.3, -0.25) is 0 Å². The first kappa shape index (κ1) is 12.9. The van der Waals surface area contributed by atoms with Crippen molar-refractivity contribution in [2.75, 3.05) is 45.2 Å². The Bertz CT molecular complexity index is 269. The average Bonchev–Trinajstić information content (AvgIpc) is 2.14. The quantitative estimate of drug-likeness (QED) is 0.678. The predicted octanol–water partition coefficient (Wildman–Crippen LogP) is -0.0376. The first-order valence-electron chi connectivity index (χ1n) is 5.54. The van der Waals surface area contributed by atoms with E-state index < -0.39 is 9.84 Å². The summed E-state index contributed by atoms with van der Waals surface area (Å²) < 4.78 is 21.8. The van der Waals surface area contributed by atoms with Crippen LogP contribution in [0.3, 0.4) is 0 Å². The van der Waals surface area contributed by atoms with Gasteiger partial charge in [-0.1, -0.05) is 0 Å². The maximum atomic E-state index is 10.9. The minimum Gasteiger partial charge on any atom is -0.315 e. The number of nitrogens with zero attached hydrogens (tertiary/aromatic N) is 1. The molecule has 0 aliphatic carbocycles. The number of likely N-dealkylation sites (tertiary alicyclic amines) is 1. The summed E-state index contributed by atoms with van der Waals surface area (Å²) in [6, 6.07) is 0. The Morgan fingerprint density at radius 2 is 1.93 bits per heavy atom. The first-order chi connectivity index (χ1) is 6.97. The van der Waals surface area contributed by atoms with Gasteiger partial charge in [-0.2, -0.15) is 0 Å². The van der Waals surface area contributed by atoms with Crippen molar-refractivity contribution >= 4 is 9.84 Å². The van der Waals surface area contributed by atoms with Crippen LogP contribution >= 0.6 is 0 Å². The predicted molar refractivity (Wildman–Crippen MR) is 62.8 cm³/mol. The van der Waals surface area contributed by atoms with Crippen molar-refractivity contribution in [3.8, 4) is 0 Å². The number of hydrogen-bond donors (Lipinski definition) is 1. The molecule has 1 rings (SSSR count). The van der Waals surface area contributed by atoms with Crippen LogP contribution in [-0.4, -0.2) is 58.6 Å². The second-order valence-electron chi connectivity index (χ2n) is 4.58. The lowest BCUT2D eigenvalue weighted by molar-refractivity contribution is 0.217. The SMILES string of the molecule is CN1CCC(CNCCS(C)(=O)=O)CC1. The van der Waals surface area contributed by atoms with Gasteiger partial charge in [0.1, 0.15) is 9.84 Å². The van der Waals surface area contributed by atoms with Crippen molar-refractivity contribution in [3.05, 3.63) is 0 Å². The molecule has 0 amide bonds. The van der Waals surface area contributed by atoms with Gasteiger partial charge in [0.2, 0.25) is 0 Å². The van der Waals surface area contributed by atoms with E-state index in [2.05, 4.69) is 17.3 Å². The van der Waals surface area contributed by atoms with Crippen LogP contribution in [0.2, 0.25) is 0 Å². The van der Waals surface area contributed by atoms with Gasteiger partial charge in [0.25, 0.3) is 0 Å². The van der Waals surface area contributed by atoms with Crippen LogP contribution in [0.4, 0.5) is 0 Å². The van der Waals surface area contributed by atoms with Gasteiger partial charge in [-0.15, -0.1) is 0 Å². The lowest BCUT2D eigenvalue weighted by Crippen LogP contribution is -2.36. The molecule has 1 fully saturated rings. The molecule has 90 valence electrons. The van der Waals surface area contributed by atoms with Gasteiger partial charge in [-0.25, -0.2) is 8.42 Å². The van der Waals surface area contributed by atoms with Gasteiger partial charge >= 0.3 is 0 Å². The van der Waals surface area contributed by atoms with Crippen molar-refractivity contribution in [1.82, 2.24) is 10.2 Å². The minimum atomic E-state index is -2.81. The minimum absolute atomic E-state index is 0.250. The third-order valence-electron chi connectivity index (χ3n) is 2.92. The number of hydrogen-bond acceptors (Lipinski definition) is 4. The van der Waals surface area contributed by atoms with Gasteiger partial charge in [0, 0.05) is 12.8 Å². The fourth-order valence-corrected chi connectivity index (χ4v) is 2.35. The van der Waals surface area contributed by atoms with Gasteiger partial charge < -0.3 is 10.2 Å². The standard InChI is InChI=1S/C10H22N2O2S/c1-12-6-3-10(4-7-12)9-11-5-8-15(2,13)14/h10-11H,3-9H2,1-2H3. The summed E-state index contributed by atoms with van der Waals surface area (Å²) in [6.07, 6.45) is 3.73. The Hall–Kier alpha value is -0.130. The maximum absolute atomic E-state index is 10.9. The van der Waals surface area contributed by atoms with Crippen molar-refractivity contribution in [2.24, 2.45) is 5.92 Å². The van der Waals surface area contributed by atoms with Crippen LogP contribution in [0.1, 0.15) is 12.8 Å². The third kappa shape index (κ3) is 6.12. The Morgan fingerprint density at radius 3 is 2.47 bits per heavy atom. The van der Waals surface area contributed by atoms with E-state index in [4.69, 9.17) is 0 Å². The molecule has 0 atom stereocenters. The summed E-state index contributed by atoms with van der Waals surface area (Å²) in [5.41, 5.74) is 0. The molecule has 0 aromatic heterocycles. The highest BCUT2D eigenvalue weighted by molar-refractivity contribution is 7.90. The highest BCUT2D eigenvalue weighted by atomic mass is 32.2. The van der Waals surface area contributed by atoms with Gasteiger partial charge in [0.15, 0.2) is 0 Å². The molecule has 5 heteroatoms. The summed E-state index contributed by atoms with van der Waals surface area (Å²) >= 11 is 0.